The van der Waals surface area contributed by atoms with Crippen LogP contribution in [0.15, 0.2) is 48.5 Å². The van der Waals surface area contributed by atoms with Gasteiger partial charge in [0, 0.05) is 20.6 Å². The van der Waals surface area contributed by atoms with Gasteiger partial charge in [-0.2, -0.15) is 0 Å². The van der Waals surface area contributed by atoms with Gasteiger partial charge in [0.25, 0.3) is 0 Å². The summed E-state index contributed by atoms with van der Waals surface area (Å²) < 4.78 is 18.3. The van der Waals surface area contributed by atoms with Crippen LogP contribution in [0.4, 0.5) is 0 Å². The molecule has 0 aliphatic heterocycles. The smallest absolute Gasteiger partial charge is 0.118 e. The lowest BCUT2D eigenvalue weighted by Crippen LogP contribution is -2.24. The molecule has 0 aliphatic carbocycles. The molecule has 132 valence electrons. The Bertz CT molecular complexity index is 811. The molecule has 0 spiro atoms. The first-order chi connectivity index (χ1) is 12.2. The highest BCUT2D eigenvalue weighted by atomic mass is 16.5. The first kappa shape index (κ1) is 17.5. The first-order valence-electron chi connectivity index (χ1n) is 8.34. The summed E-state index contributed by atoms with van der Waals surface area (Å²) >= 11 is 0. The molecule has 3 aromatic rings. The number of imidazole rings is 1. The maximum Gasteiger partial charge on any atom is 0.118 e. The van der Waals surface area contributed by atoms with Crippen molar-refractivity contribution < 1.29 is 14.2 Å². The second kappa shape index (κ2) is 8.14. The lowest BCUT2D eigenvalue weighted by atomic mass is 10.1. The average Bonchev–Trinajstić information content (AvgIpc) is 2.99. The van der Waals surface area contributed by atoms with E-state index in [-0.39, 0.29) is 6.10 Å². The summed E-state index contributed by atoms with van der Waals surface area (Å²) in [5.74, 6) is 1.88. The molecule has 1 aromatic heterocycles. The molecule has 0 amide bonds. The molecule has 5 heteroatoms. The Kier molecular flexibility index (Phi) is 5.68. The molecule has 1 unspecified atom stereocenters. The van der Waals surface area contributed by atoms with Crippen molar-refractivity contribution in [2.24, 2.45) is 0 Å². The number of hydrogen-bond donors (Lipinski definition) is 0. The SMILES string of the molecule is COCC(Cn1c(Cc2ccc(OC)cc2)nc2ccccc21)OC. The van der Waals surface area contributed by atoms with Gasteiger partial charge in [-0.15, -0.1) is 0 Å². The summed E-state index contributed by atoms with van der Waals surface area (Å²) in [5.41, 5.74) is 3.31. The first-order valence-corrected chi connectivity index (χ1v) is 8.34. The van der Waals surface area contributed by atoms with E-state index >= 15 is 0 Å². The molecular formula is C20H24N2O3. The molecule has 1 atom stereocenters. The van der Waals surface area contributed by atoms with Gasteiger partial charge in [0.2, 0.25) is 0 Å². The zero-order valence-electron chi connectivity index (χ0n) is 14.9. The minimum absolute atomic E-state index is 0.0165. The maximum absolute atomic E-state index is 5.56. The van der Waals surface area contributed by atoms with Gasteiger partial charge in [0.05, 0.1) is 37.4 Å². The number of aromatic nitrogens is 2. The largest absolute Gasteiger partial charge is 0.497 e. The van der Waals surface area contributed by atoms with Crippen LogP contribution in [0.1, 0.15) is 11.4 Å². The van der Waals surface area contributed by atoms with Crippen LogP contribution >= 0.6 is 0 Å². The highest BCUT2D eigenvalue weighted by Crippen LogP contribution is 2.21. The number of rotatable bonds is 8. The van der Waals surface area contributed by atoms with Crippen molar-refractivity contribution in [1.82, 2.24) is 9.55 Å². The van der Waals surface area contributed by atoms with Crippen LogP contribution < -0.4 is 4.74 Å². The van der Waals surface area contributed by atoms with E-state index in [1.165, 1.54) is 5.56 Å². The highest BCUT2D eigenvalue weighted by Gasteiger charge is 2.16. The minimum atomic E-state index is -0.0165. The van der Waals surface area contributed by atoms with Crippen molar-refractivity contribution in [2.45, 2.75) is 19.1 Å². The van der Waals surface area contributed by atoms with Crippen molar-refractivity contribution in [3.8, 4) is 5.75 Å². The molecule has 2 aromatic carbocycles. The number of para-hydroxylation sites is 2. The minimum Gasteiger partial charge on any atom is -0.497 e. The molecule has 1 heterocycles. The summed E-state index contributed by atoms with van der Waals surface area (Å²) in [7, 11) is 5.08. The maximum atomic E-state index is 5.56. The molecule has 0 fully saturated rings. The highest BCUT2D eigenvalue weighted by molar-refractivity contribution is 5.76. The molecule has 0 radical (unpaired) electrons. The van der Waals surface area contributed by atoms with E-state index in [9.17, 15) is 0 Å². The van der Waals surface area contributed by atoms with Crippen molar-refractivity contribution in [3.05, 3.63) is 59.9 Å². The van der Waals surface area contributed by atoms with Gasteiger partial charge in [-0.1, -0.05) is 24.3 Å². The predicted molar refractivity (Wildman–Crippen MR) is 98.2 cm³/mol. The lowest BCUT2D eigenvalue weighted by molar-refractivity contribution is 0.0186. The molecule has 0 saturated heterocycles. The monoisotopic (exact) mass is 340 g/mol. The van der Waals surface area contributed by atoms with E-state index in [0.717, 1.165) is 29.0 Å². The van der Waals surface area contributed by atoms with Crippen LogP contribution in [-0.2, 0) is 22.4 Å². The fourth-order valence-corrected chi connectivity index (χ4v) is 2.97. The molecule has 0 bridgehead atoms. The molecule has 5 nitrogen and oxygen atoms in total. The van der Waals surface area contributed by atoms with E-state index < -0.39 is 0 Å². The van der Waals surface area contributed by atoms with Crippen LogP contribution in [0, 0.1) is 0 Å². The van der Waals surface area contributed by atoms with E-state index in [1.807, 2.05) is 30.3 Å². The fraction of sp³-hybridized carbons (Fsp3) is 0.350. The lowest BCUT2D eigenvalue weighted by Gasteiger charge is -2.17. The van der Waals surface area contributed by atoms with E-state index in [4.69, 9.17) is 19.2 Å². The zero-order chi connectivity index (χ0) is 17.6. The fourth-order valence-electron chi connectivity index (χ4n) is 2.97. The third kappa shape index (κ3) is 4.00. The Morgan fingerprint density at radius 3 is 2.44 bits per heavy atom. The molecular weight excluding hydrogens is 316 g/mol. The van der Waals surface area contributed by atoms with Crippen LogP contribution in [-0.4, -0.2) is 43.6 Å². The van der Waals surface area contributed by atoms with E-state index in [2.05, 4.69) is 22.8 Å². The summed E-state index contributed by atoms with van der Waals surface area (Å²) in [6.07, 6.45) is 0.736. The quantitative estimate of drug-likeness (QED) is 0.631. The van der Waals surface area contributed by atoms with E-state index in [1.54, 1.807) is 21.3 Å². The Morgan fingerprint density at radius 2 is 1.76 bits per heavy atom. The molecule has 0 N–H and O–H groups in total. The topological polar surface area (TPSA) is 45.5 Å². The van der Waals surface area contributed by atoms with Crippen molar-refractivity contribution in [3.63, 3.8) is 0 Å². The number of benzene rings is 2. The molecule has 0 saturated carbocycles. The average molecular weight is 340 g/mol. The number of nitrogens with zero attached hydrogens (tertiary/aromatic N) is 2. The van der Waals surface area contributed by atoms with Crippen LogP contribution in [0.5, 0.6) is 5.75 Å². The van der Waals surface area contributed by atoms with E-state index in [0.29, 0.717) is 13.2 Å². The van der Waals surface area contributed by atoms with Crippen LogP contribution in [0.25, 0.3) is 11.0 Å². The number of fused-ring (bicyclic) bond motifs is 1. The van der Waals surface area contributed by atoms with Gasteiger partial charge in [0.1, 0.15) is 11.6 Å². The van der Waals surface area contributed by atoms with Gasteiger partial charge in [-0.05, 0) is 29.8 Å². The molecule has 0 aliphatic rings. The second-order valence-electron chi connectivity index (χ2n) is 5.97. The van der Waals surface area contributed by atoms with Crippen LogP contribution in [0.2, 0.25) is 0 Å². The summed E-state index contributed by atoms with van der Waals surface area (Å²) in [4.78, 5) is 4.83. The summed E-state index contributed by atoms with van der Waals surface area (Å²) in [6.45, 7) is 1.25. The second-order valence-corrected chi connectivity index (χ2v) is 5.97. The number of ether oxygens (including phenoxy) is 3. The third-order valence-electron chi connectivity index (χ3n) is 4.33. The Hall–Kier alpha value is -2.37. The third-order valence-corrected chi connectivity index (χ3v) is 4.33. The van der Waals surface area contributed by atoms with Gasteiger partial charge in [-0.3, -0.25) is 0 Å². The van der Waals surface area contributed by atoms with Crippen molar-refractivity contribution >= 4 is 11.0 Å². The van der Waals surface area contributed by atoms with Crippen molar-refractivity contribution in [1.29, 1.82) is 0 Å². The zero-order valence-corrected chi connectivity index (χ0v) is 14.9. The van der Waals surface area contributed by atoms with Gasteiger partial charge < -0.3 is 18.8 Å². The Balaban J connectivity index is 1.93. The van der Waals surface area contributed by atoms with Gasteiger partial charge in [0.15, 0.2) is 0 Å². The molecule has 3 rings (SSSR count). The van der Waals surface area contributed by atoms with Gasteiger partial charge in [-0.25, -0.2) is 4.98 Å². The molecule has 25 heavy (non-hydrogen) atoms. The van der Waals surface area contributed by atoms with Crippen molar-refractivity contribution in [2.75, 3.05) is 27.9 Å². The normalized spacial score (nSPS) is 12.4. The Labute approximate surface area is 148 Å². The van der Waals surface area contributed by atoms with Gasteiger partial charge >= 0.3 is 0 Å². The Morgan fingerprint density at radius 1 is 1.00 bits per heavy atom. The standard InChI is InChI=1S/C20H24N2O3/c1-23-14-17(25-3)13-22-19-7-5-4-6-18(19)21-20(22)12-15-8-10-16(24-2)11-9-15/h4-11,17H,12-14H2,1-3H3. The summed E-state index contributed by atoms with van der Waals surface area (Å²) in [5, 5.41) is 0. The predicted octanol–water partition coefficient (Wildman–Crippen LogP) is 3.30. The number of methoxy groups -OCH3 is 3. The summed E-state index contributed by atoms with van der Waals surface area (Å²) in [6, 6.07) is 16.3. The van der Waals surface area contributed by atoms with Crippen LogP contribution in [0.3, 0.4) is 0 Å². The number of hydrogen-bond acceptors (Lipinski definition) is 4.